The fourth-order valence-electron chi connectivity index (χ4n) is 4.60. The van der Waals surface area contributed by atoms with Gasteiger partial charge in [0.15, 0.2) is 0 Å². The summed E-state index contributed by atoms with van der Waals surface area (Å²) in [5.41, 5.74) is -0.282. The van der Waals surface area contributed by atoms with Crippen LogP contribution in [0.1, 0.15) is 33.6 Å². The minimum atomic E-state index is -0.456. The summed E-state index contributed by atoms with van der Waals surface area (Å²) in [4.78, 5) is 37.8. The maximum absolute atomic E-state index is 12.7. The number of nitrogens with zero attached hydrogens (tertiary/aromatic N) is 1. The molecule has 3 rings (SSSR count). The summed E-state index contributed by atoms with van der Waals surface area (Å²) in [5.74, 6) is -0.00405. The molecule has 6 heteroatoms. The second kappa shape index (κ2) is 5.35. The highest BCUT2D eigenvalue weighted by Crippen LogP contribution is 2.57. The Morgan fingerprint density at radius 3 is 2.70 bits per heavy atom. The summed E-state index contributed by atoms with van der Waals surface area (Å²) in [7, 11) is 0. The Bertz CT molecular complexity index is 565. The number of nitrogens with one attached hydrogen (secondary N) is 1. The van der Waals surface area contributed by atoms with Crippen molar-refractivity contribution in [2.45, 2.75) is 51.3 Å². The first kappa shape index (κ1) is 16.0. The summed E-state index contributed by atoms with van der Waals surface area (Å²) in [6, 6.07) is -0.0229. The van der Waals surface area contributed by atoms with Gasteiger partial charge in [0, 0.05) is 11.5 Å². The van der Waals surface area contributed by atoms with Crippen molar-refractivity contribution >= 4 is 17.8 Å². The van der Waals surface area contributed by atoms with E-state index in [0.717, 1.165) is 18.9 Å². The zero-order chi connectivity index (χ0) is 16.9. The van der Waals surface area contributed by atoms with E-state index in [1.165, 1.54) is 0 Å². The molecule has 5 unspecified atom stereocenters. The number of hydrogen-bond acceptors (Lipinski definition) is 4. The normalized spacial score (nSPS) is 34.7. The molecule has 0 aromatic carbocycles. The number of hydrogen-bond donors (Lipinski definition) is 1. The summed E-state index contributed by atoms with van der Waals surface area (Å²) in [5, 5.41) is 2.43. The van der Waals surface area contributed by atoms with Crippen LogP contribution < -0.4 is 5.32 Å². The predicted molar refractivity (Wildman–Crippen MR) is 83.2 cm³/mol. The lowest BCUT2D eigenvalue weighted by molar-refractivity contribution is -0.156. The van der Waals surface area contributed by atoms with Gasteiger partial charge in [0.1, 0.15) is 12.6 Å². The molecule has 23 heavy (non-hydrogen) atoms. The Labute approximate surface area is 136 Å². The monoisotopic (exact) mass is 320 g/mol. The van der Waals surface area contributed by atoms with Crippen molar-refractivity contribution < 1.29 is 19.1 Å². The van der Waals surface area contributed by atoms with E-state index in [0.29, 0.717) is 5.92 Å². The zero-order valence-electron chi connectivity index (χ0n) is 13.9. The highest BCUT2D eigenvalue weighted by Gasteiger charge is 2.66. The number of rotatable bonds is 4. The van der Waals surface area contributed by atoms with Gasteiger partial charge in [0.25, 0.3) is 0 Å². The standard InChI is InChI=1S/C17H24N2O4/c1-5-12(20)18-8-13(21)23-15-9-6-10-11(7-9)16(22)19(14(10)15)17(2,3)4/h5,9-11,14-15H,1,6-8H2,2-4H3,(H,18,20). The van der Waals surface area contributed by atoms with E-state index in [4.69, 9.17) is 4.74 Å². The lowest BCUT2D eigenvalue weighted by atomic mass is 9.87. The molecule has 0 radical (unpaired) electrons. The molecule has 5 atom stereocenters. The third-order valence-electron chi connectivity index (χ3n) is 5.32. The van der Waals surface area contributed by atoms with Gasteiger partial charge >= 0.3 is 5.97 Å². The molecular formula is C17H24N2O4. The van der Waals surface area contributed by atoms with Crippen molar-refractivity contribution in [1.82, 2.24) is 10.2 Å². The fourth-order valence-corrected chi connectivity index (χ4v) is 4.60. The van der Waals surface area contributed by atoms with Crippen LogP contribution in [0.4, 0.5) is 0 Å². The molecule has 1 saturated heterocycles. The maximum Gasteiger partial charge on any atom is 0.325 e. The van der Waals surface area contributed by atoms with Crippen LogP contribution in [0.25, 0.3) is 0 Å². The third-order valence-corrected chi connectivity index (χ3v) is 5.32. The Morgan fingerprint density at radius 2 is 2.09 bits per heavy atom. The van der Waals surface area contributed by atoms with E-state index in [9.17, 15) is 14.4 Å². The Balaban J connectivity index is 1.72. The summed E-state index contributed by atoms with van der Waals surface area (Å²) in [6.07, 6.45) is 2.62. The first-order chi connectivity index (χ1) is 10.7. The van der Waals surface area contributed by atoms with Crippen LogP contribution in [0.5, 0.6) is 0 Å². The van der Waals surface area contributed by atoms with Gasteiger partial charge in [-0.25, -0.2) is 0 Å². The van der Waals surface area contributed by atoms with Gasteiger partial charge in [0.05, 0.1) is 6.04 Å². The van der Waals surface area contributed by atoms with Crippen LogP contribution in [-0.4, -0.2) is 46.9 Å². The van der Waals surface area contributed by atoms with E-state index in [1.54, 1.807) is 0 Å². The molecule has 2 saturated carbocycles. The van der Waals surface area contributed by atoms with Crippen LogP contribution in [0.3, 0.4) is 0 Å². The van der Waals surface area contributed by atoms with Crippen molar-refractivity contribution in [3.05, 3.63) is 12.7 Å². The minimum Gasteiger partial charge on any atom is -0.459 e. The smallest absolute Gasteiger partial charge is 0.325 e. The summed E-state index contributed by atoms with van der Waals surface area (Å²) in [6.45, 7) is 9.23. The van der Waals surface area contributed by atoms with E-state index < -0.39 is 11.9 Å². The van der Waals surface area contributed by atoms with Crippen molar-refractivity contribution in [3.8, 4) is 0 Å². The maximum atomic E-state index is 12.7. The van der Waals surface area contributed by atoms with Crippen LogP contribution >= 0.6 is 0 Å². The fraction of sp³-hybridized carbons (Fsp3) is 0.706. The largest absolute Gasteiger partial charge is 0.459 e. The highest BCUT2D eigenvalue weighted by atomic mass is 16.5. The highest BCUT2D eigenvalue weighted by molar-refractivity contribution is 5.89. The van der Waals surface area contributed by atoms with Gasteiger partial charge in [-0.15, -0.1) is 0 Å². The molecule has 2 amide bonds. The molecule has 2 aliphatic carbocycles. The van der Waals surface area contributed by atoms with Crippen molar-refractivity contribution in [3.63, 3.8) is 0 Å². The molecule has 2 bridgehead atoms. The Kier molecular flexibility index (Phi) is 3.73. The average Bonchev–Trinajstić information content (AvgIpc) is 3.07. The number of carbonyl (C=O) groups is 3. The van der Waals surface area contributed by atoms with Crippen molar-refractivity contribution in [1.29, 1.82) is 0 Å². The second-order valence-corrected chi connectivity index (χ2v) is 7.75. The second-order valence-electron chi connectivity index (χ2n) is 7.75. The first-order valence-electron chi connectivity index (χ1n) is 8.17. The third kappa shape index (κ3) is 2.54. The minimum absolute atomic E-state index is 0.0229. The Hall–Kier alpha value is -1.85. The molecule has 126 valence electrons. The van der Waals surface area contributed by atoms with E-state index in [2.05, 4.69) is 11.9 Å². The van der Waals surface area contributed by atoms with Crippen LogP contribution in [-0.2, 0) is 19.1 Å². The number of likely N-dealkylation sites (tertiary alicyclic amines) is 1. The SMILES string of the molecule is C=CC(=O)NCC(=O)OC1C2CC3C(=O)N(C(C)(C)C)C1C3C2. The van der Waals surface area contributed by atoms with Crippen LogP contribution in [0.2, 0.25) is 0 Å². The quantitative estimate of drug-likeness (QED) is 0.616. The Morgan fingerprint density at radius 1 is 1.39 bits per heavy atom. The molecule has 1 heterocycles. The first-order valence-corrected chi connectivity index (χ1v) is 8.17. The average molecular weight is 320 g/mol. The number of amides is 2. The molecule has 3 aliphatic rings. The molecule has 0 aromatic heterocycles. The molecule has 0 aromatic rings. The van der Waals surface area contributed by atoms with E-state index in [1.807, 2.05) is 25.7 Å². The number of carbonyl (C=O) groups excluding carboxylic acids is 3. The van der Waals surface area contributed by atoms with Gasteiger partial charge < -0.3 is 15.0 Å². The lowest BCUT2D eigenvalue weighted by Crippen LogP contribution is -2.52. The molecule has 1 aliphatic heterocycles. The van der Waals surface area contributed by atoms with Gasteiger partial charge in [-0.05, 0) is 51.5 Å². The molecule has 3 fully saturated rings. The molecule has 0 spiro atoms. The van der Waals surface area contributed by atoms with Gasteiger partial charge in [-0.2, -0.15) is 0 Å². The van der Waals surface area contributed by atoms with Gasteiger partial charge in [0.2, 0.25) is 11.8 Å². The number of ether oxygens (including phenoxy) is 1. The van der Waals surface area contributed by atoms with E-state index in [-0.39, 0.29) is 42.0 Å². The summed E-state index contributed by atoms with van der Waals surface area (Å²) < 4.78 is 5.66. The molecule has 6 nitrogen and oxygen atoms in total. The lowest BCUT2D eigenvalue weighted by Gasteiger charge is -2.39. The topological polar surface area (TPSA) is 75.7 Å². The van der Waals surface area contributed by atoms with Gasteiger partial charge in [-0.1, -0.05) is 6.58 Å². The van der Waals surface area contributed by atoms with Crippen LogP contribution in [0.15, 0.2) is 12.7 Å². The van der Waals surface area contributed by atoms with Crippen molar-refractivity contribution in [2.24, 2.45) is 17.8 Å². The van der Waals surface area contributed by atoms with Crippen LogP contribution in [0, 0.1) is 17.8 Å². The van der Waals surface area contributed by atoms with E-state index >= 15 is 0 Å². The zero-order valence-corrected chi connectivity index (χ0v) is 13.9. The number of esters is 1. The van der Waals surface area contributed by atoms with Gasteiger partial charge in [-0.3, -0.25) is 14.4 Å². The molecule has 1 N–H and O–H groups in total. The predicted octanol–water partition coefficient (Wildman–Crippen LogP) is 0.866. The number of fused-ring (bicyclic) bond motifs is 1. The summed E-state index contributed by atoms with van der Waals surface area (Å²) >= 11 is 0. The molecular weight excluding hydrogens is 296 g/mol. The van der Waals surface area contributed by atoms with Crippen molar-refractivity contribution in [2.75, 3.05) is 6.54 Å².